The van der Waals surface area contributed by atoms with Gasteiger partial charge in [0.05, 0.1) is 5.69 Å². The van der Waals surface area contributed by atoms with Crippen LogP contribution in [-0.2, 0) is 13.0 Å². The number of hydrogen-bond acceptors (Lipinski definition) is 5. The SMILES string of the molecule is CCc1cn2cc(CN3C4CCC3CN(c3ccc(C(=O)NC)nc3F)C4)cc2[nH]c1=O. The van der Waals surface area contributed by atoms with Crippen LogP contribution in [0.4, 0.5) is 10.1 Å². The van der Waals surface area contributed by atoms with Crippen LogP contribution >= 0.6 is 0 Å². The molecule has 0 aromatic carbocycles. The molecule has 2 fully saturated rings. The van der Waals surface area contributed by atoms with Crippen molar-refractivity contribution in [3.8, 4) is 0 Å². The summed E-state index contributed by atoms with van der Waals surface area (Å²) in [6.07, 6.45) is 6.81. The summed E-state index contributed by atoms with van der Waals surface area (Å²) in [5.74, 6) is -0.999. The molecule has 5 heterocycles. The van der Waals surface area contributed by atoms with Gasteiger partial charge in [0, 0.05) is 56.7 Å². The van der Waals surface area contributed by atoms with Gasteiger partial charge in [0.15, 0.2) is 0 Å². The van der Waals surface area contributed by atoms with Gasteiger partial charge in [0.2, 0.25) is 5.95 Å². The van der Waals surface area contributed by atoms with Crippen LogP contribution in [0.2, 0.25) is 0 Å². The van der Waals surface area contributed by atoms with Gasteiger partial charge in [-0.3, -0.25) is 14.5 Å². The van der Waals surface area contributed by atoms with Gasteiger partial charge in [0.25, 0.3) is 11.5 Å². The summed E-state index contributed by atoms with van der Waals surface area (Å²) in [5.41, 5.74) is 3.23. The number of piperazine rings is 1. The minimum atomic E-state index is -0.603. The van der Waals surface area contributed by atoms with E-state index in [-0.39, 0.29) is 11.3 Å². The Balaban J connectivity index is 1.33. The Morgan fingerprint density at radius 3 is 2.66 bits per heavy atom. The van der Waals surface area contributed by atoms with E-state index < -0.39 is 11.9 Å². The number of carbonyl (C=O) groups excluding carboxylic acids is 1. The number of anilines is 1. The molecule has 3 aromatic heterocycles. The lowest BCUT2D eigenvalue weighted by Gasteiger charge is -2.42. The molecule has 8 nitrogen and oxygen atoms in total. The first-order valence-electron chi connectivity index (χ1n) is 11.1. The second-order valence-electron chi connectivity index (χ2n) is 8.65. The second kappa shape index (κ2) is 8.05. The number of nitrogens with one attached hydrogen (secondary N) is 2. The average molecular weight is 439 g/mol. The monoisotopic (exact) mass is 438 g/mol. The zero-order chi connectivity index (χ0) is 22.4. The molecule has 2 saturated heterocycles. The van der Waals surface area contributed by atoms with E-state index in [0.29, 0.717) is 24.2 Å². The number of fused-ring (bicyclic) bond motifs is 3. The molecule has 2 bridgehead atoms. The zero-order valence-electron chi connectivity index (χ0n) is 18.3. The first kappa shape index (κ1) is 20.7. The number of aryl methyl sites for hydroxylation is 1. The first-order valence-corrected chi connectivity index (χ1v) is 11.1. The molecule has 1 amide bonds. The van der Waals surface area contributed by atoms with Gasteiger partial charge < -0.3 is 19.6 Å². The van der Waals surface area contributed by atoms with Crippen molar-refractivity contribution >= 4 is 17.2 Å². The Bertz CT molecular complexity index is 1220. The van der Waals surface area contributed by atoms with Crippen molar-refractivity contribution in [1.82, 2.24) is 24.6 Å². The molecule has 0 saturated carbocycles. The largest absolute Gasteiger partial charge is 0.365 e. The van der Waals surface area contributed by atoms with Crippen LogP contribution in [0, 0.1) is 5.95 Å². The maximum atomic E-state index is 14.7. The van der Waals surface area contributed by atoms with E-state index in [1.807, 2.05) is 23.6 Å². The van der Waals surface area contributed by atoms with Crippen LogP contribution < -0.4 is 15.8 Å². The maximum Gasteiger partial charge on any atom is 0.269 e. The van der Waals surface area contributed by atoms with Gasteiger partial charge in [-0.05, 0) is 43.0 Å². The number of hydrogen-bond donors (Lipinski definition) is 2. The third-order valence-corrected chi connectivity index (χ3v) is 6.74. The van der Waals surface area contributed by atoms with Gasteiger partial charge in [-0.2, -0.15) is 4.39 Å². The number of halogens is 1. The summed E-state index contributed by atoms with van der Waals surface area (Å²) in [4.78, 5) is 35.2. The molecule has 2 aliphatic heterocycles. The quantitative estimate of drug-likeness (QED) is 0.595. The van der Waals surface area contributed by atoms with Gasteiger partial charge in [-0.15, -0.1) is 0 Å². The standard InChI is InChI=1S/C23H27FN6O2/c1-3-15-11-29-9-14(8-20(29)27-22(15)31)10-30-16-4-5-17(30)13-28(12-16)19-7-6-18(23(32)25-2)26-21(19)24/h6-9,11,16-17H,3-5,10,12-13H2,1-2H3,(H,25,32)(H,27,31). The van der Waals surface area contributed by atoms with Gasteiger partial charge >= 0.3 is 0 Å². The normalized spacial score (nSPS) is 20.8. The highest BCUT2D eigenvalue weighted by molar-refractivity contribution is 5.92. The molecule has 2 unspecified atom stereocenters. The topological polar surface area (TPSA) is 85.7 Å². The molecule has 2 aliphatic rings. The van der Waals surface area contributed by atoms with Crippen molar-refractivity contribution in [3.05, 3.63) is 63.7 Å². The number of H-pyrrole nitrogens is 1. The smallest absolute Gasteiger partial charge is 0.269 e. The van der Waals surface area contributed by atoms with Gasteiger partial charge in [-0.25, -0.2) is 4.98 Å². The molecular weight excluding hydrogens is 411 g/mol. The lowest BCUT2D eigenvalue weighted by Crippen LogP contribution is -2.53. The van der Waals surface area contributed by atoms with E-state index in [1.165, 1.54) is 7.05 Å². The van der Waals surface area contributed by atoms with E-state index in [9.17, 15) is 14.0 Å². The second-order valence-corrected chi connectivity index (χ2v) is 8.65. The fourth-order valence-electron chi connectivity index (χ4n) is 5.08. The number of aromatic nitrogens is 3. The highest BCUT2D eigenvalue weighted by Gasteiger charge is 2.40. The van der Waals surface area contributed by atoms with Crippen molar-refractivity contribution in [3.63, 3.8) is 0 Å². The third-order valence-electron chi connectivity index (χ3n) is 6.74. The minimum absolute atomic E-state index is 0.0311. The zero-order valence-corrected chi connectivity index (χ0v) is 18.3. The van der Waals surface area contributed by atoms with E-state index in [2.05, 4.69) is 31.3 Å². The average Bonchev–Trinajstić information content (AvgIpc) is 3.27. The van der Waals surface area contributed by atoms with Crippen LogP contribution in [-0.4, -0.2) is 57.4 Å². The molecule has 0 spiro atoms. The summed E-state index contributed by atoms with van der Waals surface area (Å²) in [5, 5.41) is 2.47. The number of amides is 1. The van der Waals surface area contributed by atoms with Gasteiger partial charge in [0.1, 0.15) is 11.3 Å². The lowest BCUT2D eigenvalue weighted by molar-refractivity contribution is 0.0957. The molecule has 32 heavy (non-hydrogen) atoms. The van der Waals surface area contributed by atoms with E-state index in [0.717, 1.165) is 49.2 Å². The molecule has 2 atom stereocenters. The number of nitrogens with zero attached hydrogens (tertiary/aromatic N) is 4. The Hall–Kier alpha value is -3.20. The molecular formula is C23H27FN6O2. The van der Waals surface area contributed by atoms with Crippen molar-refractivity contribution in [2.45, 2.75) is 44.8 Å². The van der Waals surface area contributed by atoms with Crippen LogP contribution in [0.15, 0.2) is 35.4 Å². The molecule has 3 aromatic rings. The highest BCUT2D eigenvalue weighted by atomic mass is 19.1. The molecule has 9 heteroatoms. The van der Waals surface area contributed by atoms with Crippen LogP contribution in [0.1, 0.15) is 41.4 Å². The van der Waals surface area contributed by atoms with E-state index in [1.54, 1.807) is 12.1 Å². The van der Waals surface area contributed by atoms with Crippen LogP contribution in [0.25, 0.3) is 5.65 Å². The lowest BCUT2D eigenvalue weighted by atomic mass is 10.1. The third kappa shape index (κ3) is 3.56. The van der Waals surface area contributed by atoms with Crippen LogP contribution in [0.5, 0.6) is 0 Å². The maximum absolute atomic E-state index is 14.7. The van der Waals surface area contributed by atoms with Crippen LogP contribution in [0.3, 0.4) is 0 Å². The summed E-state index contributed by atoms with van der Waals surface area (Å²) in [6.45, 7) is 4.21. The fourth-order valence-corrected chi connectivity index (χ4v) is 5.08. The number of aromatic amines is 1. The number of carbonyl (C=O) groups is 1. The predicted octanol–water partition coefficient (Wildman–Crippen LogP) is 1.94. The Morgan fingerprint density at radius 1 is 1.25 bits per heavy atom. The summed E-state index contributed by atoms with van der Waals surface area (Å²) in [6, 6.07) is 5.90. The number of pyridine rings is 1. The Kier molecular flexibility index (Phi) is 5.21. The molecule has 2 N–H and O–H groups in total. The molecule has 5 rings (SSSR count). The van der Waals surface area contributed by atoms with Gasteiger partial charge in [-0.1, -0.05) is 6.92 Å². The molecule has 0 aliphatic carbocycles. The number of rotatable bonds is 5. The molecule has 168 valence electrons. The fraction of sp³-hybridized carbons (Fsp3) is 0.435. The van der Waals surface area contributed by atoms with Crippen molar-refractivity contribution in [2.75, 3.05) is 25.0 Å². The minimum Gasteiger partial charge on any atom is -0.365 e. The van der Waals surface area contributed by atoms with Crippen molar-refractivity contribution < 1.29 is 9.18 Å². The van der Waals surface area contributed by atoms with E-state index >= 15 is 0 Å². The summed E-state index contributed by atoms with van der Waals surface area (Å²) >= 11 is 0. The highest BCUT2D eigenvalue weighted by Crippen LogP contribution is 2.34. The summed E-state index contributed by atoms with van der Waals surface area (Å²) in [7, 11) is 1.50. The first-order chi connectivity index (χ1) is 15.5. The Morgan fingerprint density at radius 2 is 2.00 bits per heavy atom. The Labute approximate surface area is 185 Å². The predicted molar refractivity (Wildman–Crippen MR) is 120 cm³/mol. The molecule has 0 radical (unpaired) electrons. The van der Waals surface area contributed by atoms with Crippen molar-refractivity contribution in [1.29, 1.82) is 0 Å². The van der Waals surface area contributed by atoms with E-state index in [4.69, 9.17) is 0 Å². The summed E-state index contributed by atoms with van der Waals surface area (Å²) < 4.78 is 16.7. The van der Waals surface area contributed by atoms with Crippen molar-refractivity contribution in [2.24, 2.45) is 0 Å².